The molecule has 1 amide bonds. The highest BCUT2D eigenvalue weighted by atomic mass is 32.2. The zero-order valence-electron chi connectivity index (χ0n) is 19.4. The Balaban J connectivity index is 1.76. The molecule has 3 aromatic carbocycles. The summed E-state index contributed by atoms with van der Waals surface area (Å²) in [7, 11) is -5.51. The van der Waals surface area contributed by atoms with Gasteiger partial charge in [0, 0.05) is 18.3 Å². The van der Waals surface area contributed by atoms with Crippen molar-refractivity contribution >= 4 is 43.0 Å². The Bertz CT molecular complexity index is 1400. The van der Waals surface area contributed by atoms with Crippen molar-refractivity contribution < 1.29 is 21.6 Å². The van der Waals surface area contributed by atoms with Gasteiger partial charge in [-0.15, -0.1) is 0 Å². The summed E-state index contributed by atoms with van der Waals surface area (Å²) in [4.78, 5) is 12.7. The van der Waals surface area contributed by atoms with Crippen molar-refractivity contribution in [1.82, 2.24) is 0 Å². The van der Waals surface area contributed by atoms with Gasteiger partial charge < -0.3 is 5.32 Å². The fraction of sp³-hybridized carbons (Fsp3) is 0.208. The van der Waals surface area contributed by atoms with E-state index in [9.17, 15) is 21.6 Å². The van der Waals surface area contributed by atoms with Gasteiger partial charge in [0.15, 0.2) is 0 Å². The second-order valence-electron chi connectivity index (χ2n) is 8.04. The second-order valence-corrected chi connectivity index (χ2v) is 12.0. The molecule has 8 nitrogen and oxygen atoms in total. The summed E-state index contributed by atoms with van der Waals surface area (Å²) in [6.45, 7) is 2.02. The number of nitrogens with one attached hydrogen (secondary N) is 1. The lowest BCUT2D eigenvalue weighted by Gasteiger charge is -2.23. The average Bonchev–Trinajstić information content (AvgIpc) is 2.76. The van der Waals surface area contributed by atoms with Gasteiger partial charge in [0.1, 0.15) is 0 Å². The van der Waals surface area contributed by atoms with E-state index < -0.39 is 20.0 Å². The molecule has 0 radical (unpaired) electrons. The van der Waals surface area contributed by atoms with Gasteiger partial charge in [-0.2, -0.15) is 0 Å². The summed E-state index contributed by atoms with van der Waals surface area (Å²) >= 11 is 0. The zero-order chi connectivity index (χ0) is 25.1. The summed E-state index contributed by atoms with van der Waals surface area (Å²) < 4.78 is 50.7. The first-order valence-electron chi connectivity index (χ1n) is 10.3. The third-order valence-electron chi connectivity index (χ3n) is 5.20. The minimum Gasteiger partial charge on any atom is -0.322 e. The van der Waals surface area contributed by atoms with Crippen molar-refractivity contribution in [3.63, 3.8) is 0 Å². The number of benzene rings is 3. The predicted molar refractivity (Wildman–Crippen MR) is 136 cm³/mol. The lowest BCUT2D eigenvalue weighted by Crippen LogP contribution is -2.29. The molecule has 0 aliphatic rings. The molecule has 180 valence electrons. The summed E-state index contributed by atoms with van der Waals surface area (Å²) in [6, 6.07) is 20.4. The highest BCUT2D eigenvalue weighted by molar-refractivity contribution is 7.92. The molecule has 0 unspecified atom stereocenters. The van der Waals surface area contributed by atoms with Crippen LogP contribution in [0.4, 0.5) is 17.1 Å². The standard InChI is InChI=1S/C24H27N3O5S2/c1-18-7-5-10-23(15-18)27(34(4,31)32)17-19-11-13-20(14-12-19)24(28)25-21-8-6-9-22(16-21)26(2)33(3,29)30/h5-16H,17H2,1-4H3,(H,25,28). The molecule has 0 fully saturated rings. The summed E-state index contributed by atoms with van der Waals surface area (Å²) in [6.07, 6.45) is 2.26. The molecule has 3 aromatic rings. The molecule has 0 aliphatic heterocycles. The minimum atomic E-state index is -3.51. The largest absolute Gasteiger partial charge is 0.322 e. The maximum Gasteiger partial charge on any atom is 0.255 e. The Morgan fingerprint density at radius 2 is 1.44 bits per heavy atom. The first-order chi connectivity index (χ1) is 15.8. The quantitative estimate of drug-likeness (QED) is 0.508. The monoisotopic (exact) mass is 501 g/mol. The van der Waals surface area contributed by atoms with E-state index in [-0.39, 0.29) is 12.5 Å². The molecule has 0 spiro atoms. The summed E-state index contributed by atoms with van der Waals surface area (Å²) in [5, 5.41) is 2.75. The van der Waals surface area contributed by atoms with Crippen molar-refractivity contribution in [3.8, 4) is 0 Å². The van der Waals surface area contributed by atoms with E-state index in [0.717, 1.165) is 27.9 Å². The van der Waals surface area contributed by atoms with Gasteiger partial charge in [-0.25, -0.2) is 16.8 Å². The first-order valence-corrected chi connectivity index (χ1v) is 14.0. The van der Waals surface area contributed by atoms with E-state index in [0.29, 0.717) is 22.6 Å². The van der Waals surface area contributed by atoms with E-state index >= 15 is 0 Å². The number of rotatable bonds is 8. The minimum absolute atomic E-state index is 0.129. The molecule has 0 aliphatic carbocycles. The van der Waals surface area contributed by atoms with Gasteiger partial charge in [0.25, 0.3) is 5.91 Å². The molecule has 1 N–H and O–H groups in total. The average molecular weight is 502 g/mol. The van der Waals surface area contributed by atoms with Crippen molar-refractivity contribution in [2.45, 2.75) is 13.5 Å². The smallest absolute Gasteiger partial charge is 0.255 e. The molecular weight excluding hydrogens is 474 g/mol. The molecule has 0 aromatic heterocycles. The molecule has 10 heteroatoms. The van der Waals surface area contributed by atoms with Crippen LogP contribution in [0.2, 0.25) is 0 Å². The van der Waals surface area contributed by atoms with Gasteiger partial charge in [-0.1, -0.05) is 30.3 Å². The van der Waals surface area contributed by atoms with E-state index in [1.54, 1.807) is 66.7 Å². The Labute approximate surface area is 200 Å². The van der Waals surface area contributed by atoms with E-state index in [2.05, 4.69) is 5.32 Å². The Morgan fingerprint density at radius 1 is 0.824 bits per heavy atom. The van der Waals surface area contributed by atoms with Crippen molar-refractivity contribution in [2.24, 2.45) is 0 Å². The summed E-state index contributed by atoms with van der Waals surface area (Å²) in [5.41, 5.74) is 3.50. The molecule has 0 saturated heterocycles. The molecule has 0 atom stereocenters. The number of hydrogen-bond acceptors (Lipinski definition) is 5. The van der Waals surface area contributed by atoms with Crippen LogP contribution in [0.15, 0.2) is 72.8 Å². The molecule has 34 heavy (non-hydrogen) atoms. The molecule has 0 heterocycles. The van der Waals surface area contributed by atoms with Crippen LogP contribution >= 0.6 is 0 Å². The van der Waals surface area contributed by atoms with Gasteiger partial charge in [-0.05, 0) is 60.5 Å². The number of aryl methyl sites for hydroxylation is 1. The van der Waals surface area contributed by atoms with Gasteiger partial charge in [-0.3, -0.25) is 13.4 Å². The highest BCUT2D eigenvalue weighted by Crippen LogP contribution is 2.23. The maximum absolute atomic E-state index is 12.7. The highest BCUT2D eigenvalue weighted by Gasteiger charge is 2.18. The van der Waals surface area contributed by atoms with E-state index in [4.69, 9.17) is 0 Å². The number of sulfonamides is 2. The normalized spacial score (nSPS) is 11.6. The van der Waals surface area contributed by atoms with Crippen LogP contribution in [-0.2, 0) is 26.6 Å². The number of anilines is 3. The summed E-state index contributed by atoms with van der Waals surface area (Å²) in [5.74, 6) is -0.371. The van der Waals surface area contributed by atoms with Crippen LogP contribution in [0.1, 0.15) is 21.5 Å². The molecular formula is C24H27N3O5S2. The Hall–Kier alpha value is -3.37. The third-order valence-corrected chi connectivity index (χ3v) is 7.54. The van der Waals surface area contributed by atoms with Gasteiger partial charge in [0.05, 0.1) is 30.4 Å². The van der Waals surface area contributed by atoms with Gasteiger partial charge in [0.2, 0.25) is 20.0 Å². The number of carbonyl (C=O) groups excluding carboxylic acids is 1. The molecule has 0 bridgehead atoms. The van der Waals surface area contributed by atoms with Crippen LogP contribution in [-0.4, -0.2) is 42.3 Å². The molecule has 3 rings (SSSR count). The lowest BCUT2D eigenvalue weighted by molar-refractivity contribution is 0.102. The fourth-order valence-electron chi connectivity index (χ4n) is 3.28. The lowest BCUT2D eigenvalue weighted by atomic mass is 10.1. The second kappa shape index (κ2) is 9.86. The number of amides is 1. The Morgan fingerprint density at radius 3 is 2.03 bits per heavy atom. The topological polar surface area (TPSA) is 104 Å². The predicted octanol–water partition coefficient (Wildman–Crippen LogP) is 3.61. The van der Waals surface area contributed by atoms with Crippen molar-refractivity contribution in [3.05, 3.63) is 89.5 Å². The number of hydrogen-bond donors (Lipinski definition) is 1. The van der Waals surface area contributed by atoms with Crippen LogP contribution in [0, 0.1) is 6.92 Å². The fourth-order valence-corrected chi connectivity index (χ4v) is 4.66. The van der Waals surface area contributed by atoms with Crippen LogP contribution in [0.25, 0.3) is 0 Å². The third kappa shape index (κ3) is 6.36. The first kappa shape index (κ1) is 25.3. The van der Waals surface area contributed by atoms with Crippen molar-refractivity contribution in [2.75, 3.05) is 33.5 Å². The van der Waals surface area contributed by atoms with Crippen LogP contribution < -0.4 is 13.9 Å². The van der Waals surface area contributed by atoms with Gasteiger partial charge >= 0.3 is 0 Å². The Kier molecular flexibility index (Phi) is 7.32. The number of carbonyl (C=O) groups is 1. The SMILES string of the molecule is Cc1cccc(N(Cc2ccc(C(=O)Nc3cccc(N(C)S(C)(=O)=O)c3)cc2)S(C)(=O)=O)c1. The van der Waals surface area contributed by atoms with Crippen LogP contribution in [0.3, 0.4) is 0 Å². The maximum atomic E-state index is 12.7. The molecule has 0 saturated carbocycles. The number of nitrogens with zero attached hydrogens (tertiary/aromatic N) is 2. The zero-order valence-corrected chi connectivity index (χ0v) is 21.0. The van der Waals surface area contributed by atoms with E-state index in [1.165, 1.54) is 11.4 Å². The van der Waals surface area contributed by atoms with Crippen LogP contribution in [0.5, 0.6) is 0 Å². The van der Waals surface area contributed by atoms with E-state index in [1.807, 2.05) is 13.0 Å². The van der Waals surface area contributed by atoms with Crippen molar-refractivity contribution in [1.29, 1.82) is 0 Å².